The Bertz CT molecular complexity index is 580. The van der Waals surface area contributed by atoms with E-state index in [1.54, 1.807) is 12.1 Å². The maximum atomic E-state index is 14.1. The molecule has 104 valence electrons. The van der Waals surface area contributed by atoms with Crippen LogP contribution in [0.3, 0.4) is 0 Å². The largest absolute Gasteiger partial charge is 0.316 e. The molecular weight excluding hydrogens is 251 g/mol. The van der Waals surface area contributed by atoms with E-state index in [0.717, 1.165) is 30.8 Å². The van der Waals surface area contributed by atoms with Crippen LogP contribution in [-0.2, 0) is 0 Å². The molecule has 0 aliphatic carbocycles. The summed E-state index contributed by atoms with van der Waals surface area (Å²) in [5.41, 5.74) is 3.04. The Balaban J connectivity index is 1.95. The minimum Gasteiger partial charge on any atom is -0.316 e. The van der Waals surface area contributed by atoms with Crippen LogP contribution in [0.5, 0.6) is 0 Å². The summed E-state index contributed by atoms with van der Waals surface area (Å²) in [7, 11) is 0. The molecule has 2 aromatic rings. The van der Waals surface area contributed by atoms with Crippen molar-refractivity contribution in [2.24, 2.45) is 0 Å². The van der Waals surface area contributed by atoms with E-state index in [-0.39, 0.29) is 11.7 Å². The highest BCUT2D eigenvalue weighted by Crippen LogP contribution is 2.37. The lowest BCUT2D eigenvalue weighted by Gasteiger charge is -2.33. The van der Waals surface area contributed by atoms with Gasteiger partial charge in [-0.05, 0) is 49.1 Å². The van der Waals surface area contributed by atoms with Crippen molar-refractivity contribution in [1.29, 1.82) is 0 Å². The maximum absolute atomic E-state index is 14.1. The van der Waals surface area contributed by atoms with Crippen LogP contribution in [0, 0.1) is 12.7 Å². The van der Waals surface area contributed by atoms with Crippen molar-refractivity contribution < 1.29 is 4.39 Å². The van der Waals surface area contributed by atoms with Crippen LogP contribution < -0.4 is 5.32 Å². The molecule has 0 spiro atoms. The minimum absolute atomic E-state index is 0.105. The Labute approximate surface area is 119 Å². The lowest BCUT2D eigenvalue weighted by Crippen LogP contribution is -2.34. The van der Waals surface area contributed by atoms with Crippen LogP contribution >= 0.6 is 0 Å². The lowest BCUT2D eigenvalue weighted by atomic mass is 9.77. The second kappa shape index (κ2) is 5.71. The molecule has 1 saturated heterocycles. The van der Waals surface area contributed by atoms with Gasteiger partial charge in [-0.25, -0.2) is 4.39 Å². The molecule has 0 bridgehead atoms. The fraction of sp³-hybridized carbons (Fsp3) is 0.353. The first kappa shape index (κ1) is 13.3. The average molecular weight is 270 g/mol. The highest BCUT2D eigenvalue weighted by atomic mass is 19.1. The van der Waals surface area contributed by atoms with E-state index >= 15 is 0 Å². The summed E-state index contributed by atoms with van der Waals surface area (Å²) < 4.78 is 14.1. The average Bonchev–Trinajstić information content (AvgIpc) is 2.49. The molecule has 0 amide bonds. The molecule has 0 radical (unpaired) electrons. The van der Waals surface area contributed by atoms with Gasteiger partial charge in [0.05, 0.1) is 0 Å². The second-order valence-corrected chi connectivity index (χ2v) is 5.46. The number of nitrogens with zero attached hydrogens (tertiary/aromatic N) is 1. The van der Waals surface area contributed by atoms with Crippen molar-refractivity contribution in [3.8, 4) is 0 Å². The fourth-order valence-electron chi connectivity index (χ4n) is 3.06. The second-order valence-electron chi connectivity index (χ2n) is 5.46. The number of aryl methyl sites for hydroxylation is 1. The summed E-state index contributed by atoms with van der Waals surface area (Å²) in [5, 5.41) is 3.38. The third-order valence-electron chi connectivity index (χ3n) is 4.15. The summed E-state index contributed by atoms with van der Waals surface area (Å²) in [6.07, 6.45) is 2.96. The van der Waals surface area contributed by atoms with Gasteiger partial charge in [0.25, 0.3) is 0 Å². The van der Waals surface area contributed by atoms with Gasteiger partial charge in [-0.1, -0.05) is 24.3 Å². The summed E-state index contributed by atoms with van der Waals surface area (Å²) in [5.74, 6) is 0.405. The molecule has 2 unspecified atom stereocenters. The molecule has 2 heterocycles. The Morgan fingerprint density at radius 3 is 2.75 bits per heavy atom. The van der Waals surface area contributed by atoms with Crippen molar-refractivity contribution in [1.82, 2.24) is 10.3 Å². The number of nitrogens with one attached hydrogen (secondary N) is 1. The van der Waals surface area contributed by atoms with Crippen molar-refractivity contribution in [3.05, 3.63) is 65.2 Å². The normalized spacial score (nSPS) is 22.7. The molecule has 1 aliphatic heterocycles. The van der Waals surface area contributed by atoms with Gasteiger partial charge in [0.15, 0.2) is 0 Å². The molecule has 2 nitrogen and oxygen atoms in total. The van der Waals surface area contributed by atoms with Gasteiger partial charge in [-0.2, -0.15) is 0 Å². The number of hydrogen-bond donors (Lipinski definition) is 1. The van der Waals surface area contributed by atoms with Crippen LogP contribution in [0.1, 0.15) is 35.1 Å². The van der Waals surface area contributed by atoms with Gasteiger partial charge in [-0.15, -0.1) is 0 Å². The zero-order valence-corrected chi connectivity index (χ0v) is 11.6. The molecule has 20 heavy (non-hydrogen) atoms. The molecule has 3 heteroatoms. The van der Waals surface area contributed by atoms with E-state index in [9.17, 15) is 4.39 Å². The van der Waals surface area contributed by atoms with Crippen molar-refractivity contribution in [2.75, 3.05) is 13.1 Å². The molecule has 2 atom stereocenters. The summed E-state index contributed by atoms with van der Waals surface area (Å²) in [6.45, 7) is 3.78. The standard InChI is InChI=1S/C17H19FN2/c1-12-6-7-13(10-20-12)14-8-9-19-11-16(14)15-4-2-3-5-17(15)18/h2-7,10,14,16,19H,8-9,11H2,1H3. The first-order valence-corrected chi connectivity index (χ1v) is 7.13. The number of aromatic nitrogens is 1. The van der Waals surface area contributed by atoms with E-state index in [4.69, 9.17) is 0 Å². The quantitative estimate of drug-likeness (QED) is 0.904. The number of halogens is 1. The van der Waals surface area contributed by atoms with Gasteiger partial charge in [-0.3, -0.25) is 4.98 Å². The first-order valence-electron chi connectivity index (χ1n) is 7.13. The number of pyridine rings is 1. The Morgan fingerprint density at radius 1 is 1.15 bits per heavy atom. The minimum atomic E-state index is -0.105. The van der Waals surface area contributed by atoms with E-state index in [0.29, 0.717) is 5.92 Å². The number of rotatable bonds is 2. The highest BCUT2D eigenvalue weighted by molar-refractivity contribution is 5.30. The lowest BCUT2D eigenvalue weighted by molar-refractivity contribution is 0.393. The summed E-state index contributed by atoms with van der Waals surface area (Å²) in [4.78, 5) is 4.39. The Morgan fingerprint density at radius 2 is 2.00 bits per heavy atom. The molecule has 1 N–H and O–H groups in total. The zero-order chi connectivity index (χ0) is 13.9. The third-order valence-corrected chi connectivity index (χ3v) is 4.15. The fourth-order valence-corrected chi connectivity index (χ4v) is 3.06. The van der Waals surface area contributed by atoms with E-state index in [1.807, 2.05) is 31.3 Å². The maximum Gasteiger partial charge on any atom is 0.126 e. The molecule has 1 aromatic carbocycles. The topological polar surface area (TPSA) is 24.9 Å². The molecule has 3 rings (SSSR count). The predicted molar refractivity (Wildman–Crippen MR) is 78.3 cm³/mol. The summed E-state index contributed by atoms with van der Waals surface area (Å²) >= 11 is 0. The molecule has 0 saturated carbocycles. The summed E-state index contributed by atoms with van der Waals surface area (Å²) in [6, 6.07) is 11.3. The Hall–Kier alpha value is -1.74. The number of piperidine rings is 1. The van der Waals surface area contributed by atoms with Crippen LogP contribution in [-0.4, -0.2) is 18.1 Å². The monoisotopic (exact) mass is 270 g/mol. The third kappa shape index (κ3) is 2.59. The highest BCUT2D eigenvalue weighted by Gasteiger charge is 2.29. The van der Waals surface area contributed by atoms with Gasteiger partial charge >= 0.3 is 0 Å². The van der Waals surface area contributed by atoms with Crippen LogP contribution in [0.15, 0.2) is 42.6 Å². The first-order chi connectivity index (χ1) is 9.75. The van der Waals surface area contributed by atoms with Crippen LogP contribution in [0.2, 0.25) is 0 Å². The molecule has 1 aliphatic rings. The van der Waals surface area contributed by atoms with E-state index < -0.39 is 0 Å². The Kier molecular flexibility index (Phi) is 3.79. The number of benzene rings is 1. The van der Waals surface area contributed by atoms with Crippen molar-refractivity contribution in [2.45, 2.75) is 25.2 Å². The van der Waals surface area contributed by atoms with Crippen molar-refractivity contribution in [3.63, 3.8) is 0 Å². The van der Waals surface area contributed by atoms with E-state index in [1.165, 1.54) is 5.56 Å². The molecule has 1 aromatic heterocycles. The molecular formula is C17H19FN2. The smallest absolute Gasteiger partial charge is 0.126 e. The van der Waals surface area contributed by atoms with Crippen LogP contribution in [0.4, 0.5) is 4.39 Å². The van der Waals surface area contributed by atoms with Crippen molar-refractivity contribution >= 4 is 0 Å². The molecule has 1 fully saturated rings. The SMILES string of the molecule is Cc1ccc(C2CCNCC2c2ccccc2F)cn1. The van der Waals surface area contributed by atoms with E-state index in [2.05, 4.69) is 16.4 Å². The zero-order valence-electron chi connectivity index (χ0n) is 11.6. The van der Waals surface area contributed by atoms with Crippen LogP contribution in [0.25, 0.3) is 0 Å². The van der Waals surface area contributed by atoms with Gasteiger partial charge in [0.1, 0.15) is 5.82 Å². The van der Waals surface area contributed by atoms with Gasteiger partial charge in [0.2, 0.25) is 0 Å². The van der Waals surface area contributed by atoms with Gasteiger partial charge < -0.3 is 5.32 Å². The predicted octanol–water partition coefficient (Wildman–Crippen LogP) is 3.39. The number of hydrogen-bond acceptors (Lipinski definition) is 2. The van der Waals surface area contributed by atoms with Gasteiger partial charge in [0, 0.05) is 24.4 Å².